The SMILES string of the molecule is CCOC(=O)NCc1cc(C(=O)Nc2nccs2)ccn1. The Morgan fingerprint density at radius 3 is 2.90 bits per heavy atom. The minimum Gasteiger partial charge on any atom is -0.450 e. The molecule has 0 radical (unpaired) electrons. The average molecular weight is 306 g/mol. The molecule has 2 amide bonds. The average Bonchev–Trinajstić information content (AvgIpc) is 2.99. The maximum atomic E-state index is 12.0. The number of thiazole rings is 1. The van der Waals surface area contributed by atoms with E-state index in [1.54, 1.807) is 30.6 Å². The Bertz CT molecular complexity index is 616. The van der Waals surface area contributed by atoms with Gasteiger partial charge in [-0.25, -0.2) is 9.78 Å². The number of hydrogen-bond donors (Lipinski definition) is 2. The highest BCUT2D eigenvalue weighted by molar-refractivity contribution is 7.13. The van der Waals surface area contributed by atoms with Crippen molar-refractivity contribution in [2.24, 2.45) is 0 Å². The van der Waals surface area contributed by atoms with E-state index in [0.717, 1.165) is 0 Å². The summed E-state index contributed by atoms with van der Waals surface area (Å²) in [6.07, 6.45) is 2.61. The number of rotatable bonds is 5. The summed E-state index contributed by atoms with van der Waals surface area (Å²) in [4.78, 5) is 31.3. The van der Waals surface area contributed by atoms with E-state index in [1.807, 2.05) is 0 Å². The Hall–Kier alpha value is -2.48. The molecule has 0 unspecified atom stereocenters. The first-order valence-corrected chi connectivity index (χ1v) is 7.13. The van der Waals surface area contributed by atoms with E-state index in [4.69, 9.17) is 4.74 Å². The summed E-state index contributed by atoms with van der Waals surface area (Å²) in [6.45, 7) is 2.22. The molecule has 0 bridgehead atoms. The van der Waals surface area contributed by atoms with Gasteiger partial charge in [0.2, 0.25) is 0 Å². The number of aromatic nitrogens is 2. The lowest BCUT2D eigenvalue weighted by atomic mass is 10.2. The Morgan fingerprint density at radius 1 is 1.33 bits per heavy atom. The summed E-state index contributed by atoms with van der Waals surface area (Å²) in [5, 5.41) is 7.53. The van der Waals surface area contributed by atoms with E-state index in [1.165, 1.54) is 17.5 Å². The van der Waals surface area contributed by atoms with Gasteiger partial charge in [0.05, 0.1) is 18.8 Å². The molecular weight excluding hydrogens is 292 g/mol. The second-order valence-electron chi connectivity index (χ2n) is 3.90. The van der Waals surface area contributed by atoms with Gasteiger partial charge < -0.3 is 10.1 Å². The van der Waals surface area contributed by atoms with Crippen LogP contribution in [0.2, 0.25) is 0 Å². The Morgan fingerprint density at radius 2 is 2.19 bits per heavy atom. The van der Waals surface area contributed by atoms with Crippen molar-refractivity contribution in [3.05, 3.63) is 41.2 Å². The van der Waals surface area contributed by atoms with E-state index < -0.39 is 6.09 Å². The van der Waals surface area contributed by atoms with Crippen molar-refractivity contribution in [2.75, 3.05) is 11.9 Å². The normalized spacial score (nSPS) is 9.95. The van der Waals surface area contributed by atoms with Gasteiger partial charge in [0, 0.05) is 23.3 Å². The van der Waals surface area contributed by atoms with E-state index in [2.05, 4.69) is 20.6 Å². The number of amides is 2. The first kappa shape index (κ1) is 14.9. The van der Waals surface area contributed by atoms with Crippen molar-refractivity contribution in [3.8, 4) is 0 Å². The van der Waals surface area contributed by atoms with Crippen LogP contribution in [0.15, 0.2) is 29.9 Å². The molecule has 0 saturated heterocycles. The van der Waals surface area contributed by atoms with Gasteiger partial charge in [-0.3, -0.25) is 15.1 Å². The topological polar surface area (TPSA) is 93.2 Å². The Balaban J connectivity index is 1.97. The van der Waals surface area contributed by atoms with Crippen LogP contribution in [-0.2, 0) is 11.3 Å². The summed E-state index contributed by atoms with van der Waals surface area (Å²) >= 11 is 1.34. The van der Waals surface area contributed by atoms with Gasteiger partial charge in [0.15, 0.2) is 5.13 Å². The number of carbonyl (C=O) groups is 2. The Kier molecular flexibility index (Phi) is 5.22. The first-order chi connectivity index (χ1) is 10.2. The molecule has 0 aliphatic carbocycles. The number of nitrogens with zero attached hydrogens (tertiary/aromatic N) is 2. The molecule has 2 aromatic rings. The summed E-state index contributed by atoms with van der Waals surface area (Å²) in [7, 11) is 0. The number of alkyl carbamates (subject to hydrolysis) is 1. The molecule has 0 aliphatic rings. The minimum absolute atomic E-state index is 0.192. The zero-order chi connectivity index (χ0) is 15.1. The smallest absolute Gasteiger partial charge is 0.407 e. The van der Waals surface area contributed by atoms with Crippen LogP contribution in [-0.4, -0.2) is 28.6 Å². The van der Waals surface area contributed by atoms with Crippen molar-refractivity contribution in [2.45, 2.75) is 13.5 Å². The molecular formula is C13H14N4O3S. The highest BCUT2D eigenvalue weighted by Gasteiger charge is 2.09. The third-order valence-electron chi connectivity index (χ3n) is 2.42. The maximum absolute atomic E-state index is 12.0. The van der Waals surface area contributed by atoms with E-state index in [-0.39, 0.29) is 12.5 Å². The predicted octanol–water partition coefficient (Wildman–Crippen LogP) is 2.04. The van der Waals surface area contributed by atoms with Crippen molar-refractivity contribution < 1.29 is 14.3 Å². The van der Waals surface area contributed by atoms with Crippen LogP contribution in [0.1, 0.15) is 23.0 Å². The van der Waals surface area contributed by atoms with E-state index in [9.17, 15) is 9.59 Å². The zero-order valence-electron chi connectivity index (χ0n) is 11.3. The van der Waals surface area contributed by atoms with Gasteiger partial charge >= 0.3 is 6.09 Å². The molecule has 0 saturated carbocycles. The number of pyridine rings is 1. The van der Waals surface area contributed by atoms with Gasteiger partial charge in [0.25, 0.3) is 5.91 Å². The van der Waals surface area contributed by atoms with E-state index in [0.29, 0.717) is 23.0 Å². The monoisotopic (exact) mass is 306 g/mol. The highest BCUT2D eigenvalue weighted by Crippen LogP contribution is 2.12. The minimum atomic E-state index is -0.517. The lowest BCUT2D eigenvalue weighted by molar-refractivity contribution is 0.102. The fourth-order valence-electron chi connectivity index (χ4n) is 1.52. The number of nitrogens with one attached hydrogen (secondary N) is 2. The van der Waals surface area contributed by atoms with E-state index >= 15 is 0 Å². The van der Waals surface area contributed by atoms with Crippen LogP contribution in [0.5, 0.6) is 0 Å². The molecule has 8 heteroatoms. The highest BCUT2D eigenvalue weighted by atomic mass is 32.1. The quantitative estimate of drug-likeness (QED) is 0.881. The number of carbonyl (C=O) groups excluding carboxylic acids is 2. The van der Waals surface area contributed by atoms with Crippen LogP contribution in [0, 0.1) is 0 Å². The van der Waals surface area contributed by atoms with Crippen molar-refractivity contribution in [1.29, 1.82) is 0 Å². The molecule has 2 aromatic heterocycles. The molecule has 21 heavy (non-hydrogen) atoms. The Labute approximate surface area is 125 Å². The van der Waals surface area contributed by atoms with Crippen molar-refractivity contribution in [1.82, 2.24) is 15.3 Å². The fraction of sp³-hybridized carbons (Fsp3) is 0.231. The molecule has 0 atom stereocenters. The lowest BCUT2D eigenvalue weighted by Crippen LogP contribution is -2.24. The third-order valence-corrected chi connectivity index (χ3v) is 3.11. The second-order valence-corrected chi connectivity index (χ2v) is 4.80. The number of anilines is 1. The molecule has 7 nitrogen and oxygen atoms in total. The lowest BCUT2D eigenvalue weighted by Gasteiger charge is -2.06. The summed E-state index contributed by atoms with van der Waals surface area (Å²) in [5.41, 5.74) is 1.01. The number of ether oxygens (including phenoxy) is 1. The molecule has 2 heterocycles. The third kappa shape index (κ3) is 4.53. The first-order valence-electron chi connectivity index (χ1n) is 6.25. The van der Waals surface area contributed by atoms with Gasteiger partial charge in [-0.1, -0.05) is 0 Å². The second kappa shape index (κ2) is 7.34. The van der Waals surface area contributed by atoms with Gasteiger partial charge in [0.1, 0.15) is 0 Å². The molecule has 0 fully saturated rings. The largest absolute Gasteiger partial charge is 0.450 e. The van der Waals surface area contributed by atoms with Gasteiger partial charge in [-0.15, -0.1) is 11.3 Å². The molecule has 0 aliphatic heterocycles. The number of hydrogen-bond acceptors (Lipinski definition) is 6. The summed E-state index contributed by atoms with van der Waals surface area (Å²) in [5.74, 6) is -0.273. The molecule has 0 spiro atoms. The maximum Gasteiger partial charge on any atom is 0.407 e. The predicted molar refractivity (Wildman–Crippen MR) is 78.2 cm³/mol. The van der Waals surface area contributed by atoms with Crippen LogP contribution >= 0.6 is 11.3 Å². The molecule has 110 valence electrons. The van der Waals surface area contributed by atoms with Gasteiger partial charge in [-0.2, -0.15) is 0 Å². The molecule has 2 rings (SSSR count). The van der Waals surface area contributed by atoms with Crippen LogP contribution < -0.4 is 10.6 Å². The van der Waals surface area contributed by atoms with Crippen LogP contribution in [0.3, 0.4) is 0 Å². The van der Waals surface area contributed by atoms with Crippen LogP contribution in [0.25, 0.3) is 0 Å². The standard InChI is InChI=1S/C13H14N4O3S/c1-2-20-13(19)16-8-10-7-9(3-4-14-10)11(18)17-12-15-5-6-21-12/h3-7H,2,8H2,1H3,(H,16,19)(H,15,17,18). The van der Waals surface area contributed by atoms with Crippen molar-refractivity contribution in [3.63, 3.8) is 0 Å². The molecule has 0 aromatic carbocycles. The van der Waals surface area contributed by atoms with Crippen molar-refractivity contribution >= 4 is 28.5 Å². The molecule has 2 N–H and O–H groups in total. The fourth-order valence-corrected chi connectivity index (χ4v) is 2.04. The summed E-state index contributed by atoms with van der Waals surface area (Å²) < 4.78 is 4.75. The van der Waals surface area contributed by atoms with Crippen LogP contribution in [0.4, 0.5) is 9.93 Å². The zero-order valence-corrected chi connectivity index (χ0v) is 12.1. The summed E-state index contributed by atoms with van der Waals surface area (Å²) in [6, 6.07) is 3.20. The van der Waals surface area contributed by atoms with Gasteiger partial charge in [-0.05, 0) is 19.1 Å².